The van der Waals surface area contributed by atoms with E-state index in [4.69, 9.17) is 0 Å². The van der Waals surface area contributed by atoms with Gasteiger partial charge in [0.05, 0.1) is 18.9 Å². The van der Waals surface area contributed by atoms with Gasteiger partial charge in [0.1, 0.15) is 12.0 Å². The van der Waals surface area contributed by atoms with Crippen LogP contribution in [-0.2, 0) is 19.1 Å². The predicted octanol–water partition coefficient (Wildman–Crippen LogP) is 1.68. The van der Waals surface area contributed by atoms with Crippen LogP contribution in [0.25, 0.3) is 0 Å². The monoisotopic (exact) mass is 254 g/mol. The Labute approximate surface area is 96.1 Å². The van der Waals surface area contributed by atoms with Crippen molar-refractivity contribution < 1.29 is 32.2 Å². The first-order chi connectivity index (χ1) is 7.77. The summed E-state index contributed by atoms with van der Waals surface area (Å²) in [4.78, 5) is 22.4. The van der Waals surface area contributed by atoms with Crippen LogP contribution in [-0.4, -0.2) is 30.8 Å². The molecule has 17 heavy (non-hydrogen) atoms. The van der Waals surface area contributed by atoms with Crippen molar-refractivity contribution in [3.05, 3.63) is 0 Å². The van der Waals surface area contributed by atoms with Gasteiger partial charge in [0.2, 0.25) is 0 Å². The van der Waals surface area contributed by atoms with E-state index in [9.17, 15) is 22.8 Å². The quantitative estimate of drug-likeness (QED) is 0.703. The van der Waals surface area contributed by atoms with Crippen LogP contribution in [0.4, 0.5) is 13.2 Å². The van der Waals surface area contributed by atoms with Crippen LogP contribution in [0.1, 0.15) is 20.3 Å². The number of alkyl halides is 3. The number of hydrogen-bond acceptors (Lipinski definition) is 4. The molecule has 98 valence electrons. The molecule has 1 saturated heterocycles. The molecule has 1 aliphatic heterocycles. The SMILES string of the molecule is CCOC(=O)[C@@H]1[C@H](C)OC(=O)C[C@H]1C(F)(F)F. The van der Waals surface area contributed by atoms with Crippen LogP contribution in [0.2, 0.25) is 0 Å². The highest BCUT2D eigenvalue weighted by Crippen LogP contribution is 2.40. The van der Waals surface area contributed by atoms with E-state index >= 15 is 0 Å². The minimum Gasteiger partial charge on any atom is -0.466 e. The molecule has 0 aromatic heterocycles. The van der Waals surface area contributed by atoms with Gasteiger partial charge in [-0.05, 0) is 13.8 Å². The summed E-state index contributed by atoms with van der Waals surface area (Å²) in [5, 5.41) is 0. The van der Waals surface area contributed by atoms with E-state index in [-0.39, 0.29) is 6.61 Å². The lowest BCUT2D eigenvalue weighted by Gasteiger charge is -2.34. The van der Waals surface area contributed by atoms with Gasteiger partial charge in [-0.25, -0.2) is 0 Å². The standard InChI is InChI=1S/C10H13F3O4/c1-3-16-9(15)8-5(2)17-7(14)4-6(8)10(11,12)13/h5-6,8H,3-4H2,1-2H3/t5-,6+,8+/m0/s1. The molecule has 7 heteroatoms. The van der Waals surface area contributed by atoms with E-state index in [1.807, 2.05) is 0 Å². The minimum atomic E-state index is -4.62. The zero-order chi connectivity index (χ0) is 13.2. The molecule has 0 aromatic carbocycles. The molecule has 1 rings (SSSR count). The van der Waals surface area contributed by atoms with Crippen LogP contribution in [0.15, 0.2) is 0 Å². The second kappa shape index (κ2) is 4.93. The van der Waals surface area contributed by atoms with Crippen LogP contribution in [0.5, 0.6) is 0 Å². The van der Waals surface area contributed by atoms with E-state index < -0.39 is 42.5 Å². The van der Waals surface area contributed by atoms with Gasteiger partial charge in [-0.2, -0.15) is 13.2 Å². The van der Waals surface area contributed by atoms with Gasteiger partial charge in [0.15, 0.2) is 0 Å². The zero-order valence-corrected chi connectivity index (χ0v) is 9.41. The largest absolute Gasteiger partial charge is 0.466 e. The van der Waals surface area contributed by atoms with Crippen molar-refractivity contribution in [1.82, 2.24) is 0 Å². The summed E-state index contributed by atoms with van der Waals surface area (Å²) in [5.74, 6) is -5.43. The average Bonchev–Trinajstić information content (AvgIpc) is 2.15. The normalized spacial score (nSPS) is 29.7. The molecular weight excluding hydrogens is 241 g/mol. The number of cyclic esters (lactones) is 1. The van der Waals surface area contributed by atoms with Crippen LogP contribution >= 0.6 is 0 Å². The number of carbonyl (C=O) groups is 2. The molecule has 0 unspecified atom stereocenters. The number of halogens is 3. The fourth-order valence-corrected chi connectivity index (χ4v) is 1.88. The second-order valence-electron chi connectivity index (χ2n) is 3.83. The van der Waals surface area contributed by atoms with Gasteiger partial charge in [0.25, 0.3) is 0 Å². The van der Waals surface area contributed by atoms with E-state index in [1.165, 1.54) is 13.8 Å². The highest BCUT2D eigenvalue weighted by atomic mass is 19.4. The Morgan fingerprint density at radius 2 is 2.12 bits per heavy atom. The maximum atomic E-state index is 12.7. The van der Waals surface area contributed by atoms with Gasteiger partial charge in [-0.15, -0.1) is 0 Å². The van der Waals surface area contributed by atoms with E-state index in [0.29, 0.717) is 0 Å². The highest BCUT2D eigenvalue weighted by Gasteiger charge is 2.54. The summed E-state index contributed by atoms with van der Waals surface area (Å²) >= 11 is 0. The van der Waals surface area contributed by atoms with Gasteiger partial charge < -0.3 is 9.47 Å². The Bertz CT molecular complexity index is 313. The lowest BCUT2D eigenvalue weighted by Crippen LogP contribution is -2.48. The Morgan fingerprint density at radius 3 is 2.59 bits per heavy atom. The summed E-state index contributed by atoms with van der Waals surface area (Å²) < 4.78 is 47.4. The number of esters is 2. The Balaban J connectivity index is 2.94. The third-order valence-corrected chi connectivity index (χ3v) is 2.62. The first-order valence-corrected chi connectivity index (χ1v) is 5.20. The van der Waals surface area contributed by atoms with Crippen LogP contribution in [0, 0.1) is 11.8 Å². The summed E-state index contributed by atoms with van der Waals surface area (Å²) in [6, 6.07) is 0. The smallest absolute Gasteiger partial charge is 0.393 e. The lowest BCUT2D eigenvalue weighted by atomic mass is 9.83. The summed E-state index contributed by atoms with van der Waals surface area (Å²) in [6.45, 7) is 2.75. The van der Waals surface area contributed by atoms with Crippen molar-refractivity contribution in [3.63, 3.8) is 0 Å². The van der Waals surface area contributed by atoms with Crippen molar-refractivity contribution in [2.45, 2.75) is 32.5 Å². The van der Waals surface area contributed by atoms with Crippen LogP contribution in [0.3, 0.4) is 0 Å². The third-order valence-electron chi connectivity index (χ3n) is 2.62. The highest BCUT2D eigenvalue weighted by molar-refractivity contribution is 5.78. The number of rotatable bonds is 2. The molecule has 4 nitrogen and oxygen atoms in total. The van der Waals surface area contributed by atoms with Gasteiger partial charge in [0, 0.05) is 0 Å². The summed E-state index contributed by atoms with van der Waals surface area (Å²) in [7, 11) is 0. The molecule has 0 amide bonds. The minimum absolute atomic E-state index is 0.0133. The van der Waals surface area contributed by atoms with E-state index in [0.717, 1.165) is 0 Å². The van der Waals surface area contributed by atoms with Gasteiger partial charge >= 0.3 is 18.1 Å². The van der Waals surface area contributed by atoms with E-state index in [1.54, 1.807) is 0 Å². The number of carbonyl (C=O) groups excluding carboxylic acids is 2. The molecule has 0 N–H and O–H groups in total. The maximum Gasteiger partial charge on any atom is 0.393 e. The predicted molar refractivity (Wildman–Crippen MR) is 49.8 cm³/mol. The third kappa shape index (κ3) is 3.10. The Hall–Kier alpha value is -1.27. The molecule has 1 fully saturated rings. The molecule has 1 aliphatic rings. The maximum absolute atomic E-state index is 12.7. The number of hydrogen-bond donors (Lipinski definition) is 0. The Morgan fingerprint density at radius 1 is 1.53 bits per heavy atom. The van der Waals surface area contributed by atoms with Crippen molar-refractivity contribution in [1.29, 1.82) is 0 Å². The lowest BCUT2D eigenvalue weighted by molar-refractivity contribution is -0.226. The molecule has 0 saturated carbocycles. The fraction of sp³-hybridized carbons (Fsp3) is 0.800. The first-order valence-electron chi connectivity index (χ1n) is 5.20. The summed E-state index contributed by atoms with van der Waals surface area (Å²) in [6.07, 6.45) is -6.58. The van der Waals surface area contributed by atoms with Crippen LogP contribution < -0.4 is 0 Å². The molecule has 0 bridgehead atoms. The second-order valence-corrected chi connectivity index (χ2v) is 3.83. The zero-order valence-electron chi connectivity index (χ0n) is 9.41. The molecule has 1 heterocycles. The number of ether oxygens (including phenoxy) is 2. The summed E-state index contributed by atoms with van der Waals surface area (Å²) in [5.41, 5.74) is 0. The molecule has 0 aromatic rings. The molecule has 3 atom stereocenters. The molecule has 0 aliphatic carbocycles. The van der Waals surface area contributed by atoms with Crippen molar-refractivity contribution in [2.24, 2.45) is 11.8 Å². The van der Waals surface area contributed by atoms with Gasteiger partial charge in [-0.3, -0.25) is 9.59 Å². The van der Waals surface area contributed by atoms with Crippen molar-refractivity contribution in [2.75, 3.05) is 6.61 Å². The van der Waals surface area contributed by atoms with Crippen molar-refractivity contribution >= 4 is 11.9 Å². The molecule has 0 radical (unpaired) electrons. The fourth-order valence-electron chi connectivity index (χ4n) is 1.88. The molecular formula is C10H13F3O4. The topological polar surface area (TPSA) is 52.6 Å². The first kappa shape index (κ1) is 13.8. The molecule has 0 spiro atoms. The average molecular weight is 254 g/mol. The van der Waals surface area contributed by atoms with Gasteiger partial charge in [-0.1, -0.05) is 0 Å². The Kier molecular flexibility index (Phi) is 4.00. The van der Waals surface area contributed by atoms with E-state index in [2.05, 4.69) is 9.47 Å². The van der Waals surface area contributed by atoms with Crippen molar-refractivity contribution in [3.8, 4) is 0 Å².